The van der Waals surface area contributed by atoms with Crippen LogP contribution in [0.4, 0.5) is 13.2 Å². The van der Waals surface area contributed by atoms with Crippen LogP contribution < -0.4 is 5.32 Å². The Kier molecular flexibility index (Phi) is 4.86. The van der Waals surface area contributed by atoms with E-state index in [9.17, 15) is 13.2 Å². The fourth-order valence-corrected chi connectivity index (χ4v) is 2.73. The van der Waals surface area contributed by atoms with Crippen molar-refractivity contribution in [3.63, 3.8) is 0 Å². The summed E-state index contributed by atoms with van der Waals surface area (Å²) in [6.45, 7) is 2.46. The molecule has 0 radical (unpaired) electrons. The van der Waals surface area contributed by atoms with Gasteiger partial charge in [0.05, 0.1) is 0 Å². The number of rotatable bonds is 4. The van der Waals surface area contributed by atoms with Crippen LogP contribution in [-0.4, -0.2) is 6.04 Å². The highest BCUT2D eigenvalue weighted by molar-refractivity contribution is 5.20. The maximum absolute atomic E-state index is 13.5. The topological polar surface area (TPSA) is 12.0 Å². The Hall–Kier alpha value is -1.03. The molecule has 1 N–H and O–H groups in total. The zero-order valence-electron chi connectivity index (χ0n) is 11.2. The van der Waals surface area contributed by atoms with E-state index in [2.05, 4.69) is 12.2 Å². The zero-order chi connectivity index (χ0) is 13.8. The molecule has 0 bridgehead atoms. The van der Waals surface area contributed by atoms with Crippen LogP contribution in [0, 0.1) is 23.4 Å². The molecule has 1 aliphatic rings. The standard InChI is InChI=1S/C15H20F3N/c1-2-10-3-5-12(6-4-10)19-9-11-7-14(17)15(18)8-13(11)16/h7-8,10,12,19H,2-6,9H2,1H3. The molecule has 0 aromatic heterocycles. The number of hydrogen-bond donors (Lipinski definition) is 1. The molecule has 1 aromatic rings. The molecule has 4 heteroatoms. The van der Waals surface area contributed by atoms with Crippen LogP contribution in [0.25, 0.3) is 0 Å². The van der Waals surface area contributed by atoms with E-state index in [1.807, 2.05) is 0 Å². The van der Waals surface area contributed by atoms with Crippen molar-refractivity contribution in [2.75, 3.05) is 0 Å². The highest BCUT2D eigenvalue weighted by atomic mass is 19.2. The van der Waals surface area contributed by atoms with Crippen LogP contribution >= 0.6 is 0 Å². The third-order valence-electron chi connectivity index (χ3n) is 4.09. The monoisotopic (exact) mass is 271 g/mol. The van der Waals surface area contributed by atoms with Crippen molar-refractivity contribution in [1.82, 2.24) is 5.32 Å². The smallest absolute Gasteiger partial charge is 0.161 e. The van der Waals surface area contributed by atoms with Crippen LogP contribution in [-0.2, 0) is 6.54 Å². The Morgan fingerprint density at radius 1 is 1.00 bits per heavy atom. The average Bonchev–Trinajstić information content (AvgIpc) is 2.42. The summed E-state index contributed by atoms with van der Waals surface area (Å²) >= 11 is 0. The largest absolute Gasteiger partial charge is 0.310 e. The Balaban J connectivity index is 1.88. The van der Waals surface area contributed by atoms with Crippen molar-refractivity contribution in [3.05, 3.63) is 35.1 Å². The minimum atomic E-state index is -1.13. The molecular formula is C15H20F3N. The predicted molar refractivity (Wildman–Crippen MR) is 69.2 cm³/mol. The summed E-state index contributed by atoms with van der Waals surface area (Å²) in [6.07, 6.45) is 5.74. The third-order valence-corrected chi connectivity index (χ3v) is 4.09. The lowest BCUT2D eigenvalue weighted by Gasteiger charge is -2.28. The van der Waals surface area contributed by atoms with Crippen molar-refractivity contribution in [1.29, 1.82) is 0 Å². The molecule has 1 nitrogen and oxygen atoms in total. The second-order valence-electron chi connectivity index (χ2n) is 5.36. The second kappa shape index (κ2) is 6.42. The predicted octanol–water partition coefficient (Wildman–Crippen LogP) is 4.16. The van der Waals surface area contributed by atoms with Crippen LogP contribution in [0.3, 0.4) is 0 Å². The normalized spacial score (nSPS) is 23.6. The summed E-state index contributed by atoms with van der Waals surface area (Å²) in [5.74, 6) is -2.01. The molecule has 0 atom stereocenters. The molecular weight excluding hydrogens is 251 g/mol. The molecule has 19 heavy (non-hydrogen) atoms. The first-order chi connectivity index (χ1) is 9.10. The number of halogens is 3. The first-order valence-corrected chi connectivity index (χ1v) is 6.97. The molecule has 0 spiro atoms. The molecule has 1 aliphatic carbocycles. The van der Waals surface area contributed by atoms with Gasteiger partial charge in [-0.1, -0.05) is 13.3 Å². The second-order valence-corrected chi connectivity index (χ2v) is 5.36. The van der Waals surface area contributed by atoms with E-state index in [-0.39, 0.29) is 12.1 Å². The summed E-state index contributed by atoms with van der Waals surface area (Å²) < 4.78 is 39.3. The summed E-state index contributed by atoms with van der Waals surface area (Å²) in [6, 6.07) is 1.91. The third kappa shape index (κ3) is 3.72. The van der Waals surface area contributed by atoms with Gasteiger partial charge in [-0.15, -0.1) is 0 Å². The van der Waals surface area contributed by atoms with Crippen LogP contribution in [0.2, 0.25) is 0 Å². The minimum Gasteiger partial charge on any atom is -0.310 e. The van der Waals surface area contributed by atoms with Gasteiger partial charge in [0.2, 0.25) is 0 Å². The number of nitrogens with one attached hydrogen (secondary N) is 1. The Labute approximate surface area is 112 Å². The van der Waals surface area contributed by atoms with Crippen LogP contribution in [0.15, 0.2) is 12.1 Å². The van der Waals surface area contributed by atoms with E-state index in [4.69, 9.17) is 0 Å². The fraction of sp³-hybridized carbons (Fsp3) is 0.600. The average molecular weight is 271 g/mol. The van der Waals surface area contributed by atoms with Gasteiger partial charge in [-0.3, -0.25) is 0 Å². The highest BCUT2D eigenvalue weighted by Crippen LogP contribution is 2.26. The van der Waals surface area contributed by atoms with Crippen molar-refractivity contribution >= 4 is 0 Å². The van der Waals surface area contributed by atoms with E-state index >= 15 is 0 Å². The van der Waals surface area contributed by atoms with Gasteiger partial charge in [0.1, 0.15) is 5.82 Å². The lowest BCUT2D eigenvalue weighted by atomic mass is 9.84. The first kappa shape index (κ1) is 14.4. The summed E-state index contributed by atoms with van der Waals surface area (Å²) in [5, 5.41) is 3.24. The summed E-state index contributed by atoms with van der Waals surface area (Å²) in [4.78, 5) is 0. The maximum Gasteiger partial charge on any atom is 0.161 e. The van der Waals surface area contributed by atoms with E-state index in [1.54, 1.807) is 0 Å². The van der Waals surface area contributed by atoms with Gasteiger partial charge in [-0.25, -0.2) is 13.2 Å². The van der Waals surface area contributed by atoms with Crippen molar-refractivity contribution in [2.24, 2.45) is 5.92 Å². The molecule has 0 amide bonds. The first-order valence-electron chi connectivity index (χ1n) is 6.97. The maximum atomic E-state index is 13.5. The summed E-state index contributed by atoms with van der Waals surface area (Å²) in [7, 11) is 0. The molecule has 0 saturated heterocycles. The molecule has 1 saturated carbocycles. The van der Waals surface area contributed by atoms with Gasteiger partial charge in [-0.05, 0) is 37.7 Å². The minimum absolute atomic E-state index is 0.191. The van der Waals surface area contributed by atoms with Crippen molar-refractivity contribution < 1.29 is 13.2 Å². The molecule has 1 aromatic carbocycles. The van der Waals surface area contributed by atoms with E-state index in [1.165, 1.54) is 19.3 Å². The molecule has 1 fully saturated rings. The molecule has 0 heterocycles. The number of hydrogen-bond acceptors (Lipinski definition) is 1. The van der Waals surface area contributed by atoms with Crippen LogP contribution in [0.1, 0.15) is 44.6 Å². The fourth-order valence-electron chi connectivity index (χ4n) is 2.73. The molecule has 0 aliphatic heterocycles. The van der Waals surface area contributed by atoms with Gasteiger partial charge in [0.15, 0.2) is 11.6 Å². The highest BCUT2D eigenvalue weighted by Gasteiger charge is 2.20. The van der Waals surface area contributed by atoms with E-state index in [0.717, 1.165) is 24.8 Å². The van der Waals surface area contributed by atoms with Crippen molar-refractivity contribution in [3.8, 4) is 0 Å². The Morgan fingerprint density at radius 3 is 2.26 bits per heavy atom. The lowest BCUT2D eigenvalue weighted by molar-refractivity contribution is 0.284. The Bertz CT molecular complexity index is 426. The Morgan fingerprint density at radius 2 is 1.63 bits per heavy atom. The summed E-state index contributed by atoms with van der Waals surface area (Å²) in [5.41, 5.74) is 0.191. The quantitative estimate of drug-likeness (QED) is 0.811. The molecule has 106 valence electrons. The van der Waals surface area contributed by atoms with E-state index < -0.39 is 17.5 Å². The zero-order valence-corrected chi connectivity index (χ0v) is 11.2. The SMILES string of the molecule is CCC1CCC(NCc2cc(F)c(F)cc2F)CC1. The van der Waals surface area contributed by atoms with Gasteiger partial charge in [0, 0.05) is 24.2 Å². The number of benzene rings is 1. The lowest BCUT2D eigenvalue weighted by Crippen LogP contribution is -2.32. The van der Waals surface area contributed by atoms with Crippen molar-refractivity contribution in [2.45, 2.75) is 51.6 Å². The molecule has 0 unspecified atom stereocenters. The van der Waals surface area contributed by atoms with Gasteiger partial charge in [0.25, 0.3) is 0 Å². The van der Waals surface area contributed by atoms with Gasteiger partial charge in [-0.2, -0.15) is 0 Å². The van der Waals surface area contributed by atoms with E-state index in [0.29, 0.717) is 12.1 Å². The molecule has 2 rings (SSSR count). The van der Waals surface area contributed by atoms with Gasteiger partial charge >= 0.3 is 0 Å². The van der Waals surface area contributed by atoms with Gasteiger partial charge < -0.3 is 5.32 Å². The van der Waals surface area contributed by atoms with Crippen LogP contribution in [0.5, 0.6) is 0 Å².